The van der Waals surface area contributed by atoms with Gasteiger partial charge in [0.1, 0.15) is 9.79 Å². The molecule has 0 aromatic heterocycles. The molecular weight excluding hydrogens is 774 g/mol. The second-order valence-corrected chi connectivity index (χ2v) is 15.9. The molecule has 0 aliphatic carbocycles. The number of alkyl halides is 3. The first kappa shape index (κ1) is 37.8. The van der Waals surface area contributed by atoms with E-state index in [4.69, 9.17) is 68.3 Å². The highest BCUT2D eigenvalue weighted by Crippen LogP contribution is 2.38. The minimum absolute atomic E-state index is 0.0625. The van der Waals surface area contributed by atoms with Crippen molar-refractivity contribution in [1.29, 1.82) is 0 Å². The summed E-state index contributed by atoms with van der Waals surface area (Å²) in [7, 11) is -8.12. The van der Waals surface area contributed by atoms with Gasteiger partial charge < -0.3 is 20.8 Å². The molecule has 8 N–H and O–H groups in total. The number of rotatable bonds is 4. The molecule has 6 rings (SSSR count). The Morgan fingerprint density at radius 2 is 0.917 bits per heavy atom. The first-order valence-electron chi connectivity index (χ1n) is 13.1. The number of nitrogens with one attached hydrogen (secondary N) is 2. The maximum atomic E-state index is 12.0. The van der Waals surface area contributed by atoms with Crippen LogP contribution in [-0.2, 0) is 31.5 Å². The Hall–Kier alpha value is -2.99. The molecule has 2 aliphatic heterocycles. The minimum Gasteiger partial charge on any atom is -0.363 e. The second kappa shape index (κ2) is 14.1. The van der Waals surface area contributed by atoms with Crippen molar-refractivity contribution in [3.63, 3.8) is 0 Å². The van der Waals surface area contributed by atoms with Crippen LogP contribution in [0.5, 0.6) is 0 Å². The lowest BCUT2D eigenvalue weighted by Crippen LogP contribution is -2.40. The summed E-state index contributed by atoms with van der Waals surface area (Å²) in [6.07, 6.45) is 0. The fourth-order valence-electron chi connectivity index (χ4n) is 4.94. The molecule has 2 atom stereocenters. The van der Waals surface area contributed by atoms with Crippen molar-refractivity contribution in [1.82, 2.24) is 10.6 Å². The van der Waals surface area contributed by atoms with Gasteiger partial charge in [-0.3, -0.25) is 9.59 Å². The van der Waals surface area contributed by atoms with Gasteiger partial charge in [0.25, 0.3) is 11.8 Å². The number of benzene rings is 4. The third kappa shape index (κ3) is 7.74. The number of hydrogen-bond donors (Lipinski definition) is 6. The van der Waals surface area contributed by atoms with Crippen molar-refractivity contribution >= 4 is 89.9 Å². The van der Waals surface area contributed by atoms with E-state index in [1.54, 1.807) is 48.5 Å². The van der Waals surface area contributed by atoms with Crippen molar-refractivity contribution in [3.8, 4) is 0 Å². The second-order valence-electron chi connectivity index (χ2n) is 10.0. The molecule has 0 saturated carbocycles. The fraction of sp³-hybridized carbons (Fsp3) is 0.103. The van der Waals surface area contributed by atoms with Crippen molar-refractivity contribution in [2.24, 2.45) is 10.3 Å². The number of fused-ring (bicyclic) bond motifs is 2. The van der Waals surface area contributed by atoms with Crippen LogP contribution in [0.4, 0.5) is 0 Å². The number of aliphatic hydroxyl groups is 2. The summed E-state index contributed by atoms with van der Waals surface area (Å²) in [5, 5.41) is 36.7. The van der Waals surface area contributed by atoms with Gasteiger partial charge in [-0.05, 0) is 36.4 Å². The third-order valence-electron chi connectivity index (χ3n) is 7.02. The van der Waals surface area contributed by atoms with Crippen LogP contribution in [0, 0.1) is 0 Å². The Morgan fingerprint density at radius 1 is 0.604 bits per heavy atom. The highest BCUT2D eigenvalue weighted by molar-refractivity contribution is 7.89. The molecule has 4 aromatic rings. The Morgan fingerprint density at radius 3 is 1.23 bits per heavy atom. The largest absolute Gasteiger partial charge is 0.363 e. The molecule has 2 aliphatic rings. The first-order chi connectivity index (χ1) is 22.2. The van der Waals surface area contributed by atoms with Gasteiger partial charge in [-0.25, -0.2) is 27.1 Å². The monoisotopic (exact) mass is 794 g/mol. The lowest BCUT2D eigenvalue weighted by atomic mass is 9.94. The number of primary sulfonamides is 2. The Kier molecular flexibility index (Phi) is 11.1. The number of sulfonamides is 2. The lowest BCUT2D eigenvalue weighted by molar-refractivity contribution is 0.0464. The summed E-state index contributed by atoms with van der Waals surface area (Å²) in [6.45, 7) is 0. The van der Waals surface area contributed by atoms with Crippen molar-refractivity contribution < 1.29 is 36.6 Å². The Labute approximate surface area is 299 Å². The van der Waals surface area contributed by atoms with Crippen LogP contribution < -0.4 is 20.9 Å². The van der Waals surface area contributed by atoms with Crippen LogP contribution in [0.25, 0.3) is 0 Å². The van der Waals surface area contributed by atoms with E-state index in [1.807, 2.05) is 0 Å². The van der Waals surface area contributed by atoms with E-state index >= 15 is 0 Å². The zero-order chi connectivity index (χ0) is 35.8. The molecule has 0 unspecified atom stereocenters. The average Bonchev–Trinajstić information content (AvgIpc) is 3.42. The predicted molar refractivity (Wildman–Crippen MR) is 181 cm³/mol. The molecular formula is C29H23Cl5N4O8S2. The Balaban J connectivity index is 0.000000195. The molecule has 0 radical (unpaired) electrons. The summed E-state index contributed by atoms with van der Waals surface area (Å²) >= 11 is 26.1. The number of halogens is 5. The normalized spacial score (nSPS) is 19.6. The summed E-state index contributed by atoms with van der Waals surface area (Å²) < 4.78 is 45.5. The van der Waals surface area contributed by atoms with E-state index in [2.05, 4.69) is 10.6 Å². The topological polar surface area (TPSA) is 219 Å². The average molecular weight is 797 g/mol. The van der Waals surface area contributed by atoms with Crippen molar-refractivity contribution in [2.75, 3.05) is 0 Å². The van der Waals surface area contributed by atoms with E-state index in [0.717, 1.165) is 12.1 Å². The van der Waals surface area contributed by atoms with Gasteiger partial charge in [0.05, 0.1) is 10.0 Å². The summed E-state index contributed by atoms with van der Waals surface area (Å²) in [5.74, 6) is -0.907. The summed E-state index contributed by atoms with van der Waals surface area (Å²) in [5.41, 5.74) is -2.06. The van der Waals surface area contributed by atoms with Crippen LogP contribution in [0.3, 0.4) is 0 Å². The molecule has 12 nitrogen and oxygen atoms in total. The van der Waals surface area contributed by atoms with Gasteiger partial charge in [0.2, 0.25) is 20.0 Å². The molecule has 48 heavy (non-hydrogen) atoms. The molecule has 2 amide bonds. The highest BCUT2D eigenvalue weighted by atomic mass is 35.6. The number of carbonyl (C=O) groups is 2. The third-order valence-corrected chi connectivity index (χ3v) is 9.81. The van der Waals surface area contributed by atoms with Gasteiger partial charge in [-0.15, -0.1) is 0 Å². The van der Waals surface area contributed by atoms with Crippen LogP contribution in [-0.4, -0.2) is 43.2 Å². The van der Waals surface area contributed by atoms with Gasteiger partial charge in [-0.2, -0.15) is 0 Å². The van der Waals surface area contributed by atoms with Gasteiger partial charge >= 0.3 is 0 Å². The smallest absolute Gasteiger partial charge is 0.254 e. The van der Waals surface area contributed by atoms with Crippen molar-refractivity contribution in [2.45, 2.75) is 25.5 Å². The van der Waals surface area contributed by atoms with E-state index in [1.165, 1.54) is 24.3 Å². The lowest BCUT2D eigenvalue weighted by Gasteiger charge is -2.25. The summed E-state index contributed by atoms with van der Waals surface area (Å²) in [6, 6.07) is 20.8. The molecule has 4 aromatic carbocycles. The van der Waals surface area contributed by atoms with Gasteiger partial charge in [0, 0.05) is 33.4 Å². The van der Waals surface area contributed by atoms with Crippen LogP contribution in [0.1, 0.15) is 43.0 Å². The molecule has 0 fully saturated rings. The number of carbonyl (C=O) groups excluding carboxylic acids is 2. The first-order valence-corrected chi connectivity index (χ1v) is 18.2. The molecule has 0 spiro atoms. The zero-order valence-electron chi connectivity index (χ0n) is 23.9. The van der Waals surface area contributed by atoms with Crippen molar-refractivity contribution in [3.05, 3.63) is 128 Å². The van der Waals surface area contributed by atoms with E-state index in [9.17, 15) is 36.6 Å². The minimum atomic E-state index is -4.06. The van der Waals surface area contributed by atoms with E-state index in [0.29, 0.717) is 22.3 Å². The highest BCUT2D eigenvalue weighted by Gasteiger charge is 2.44. The molecule has 2 heterocycles. The van der Waals surface area contributed by atoms with Gasteiger partial charge in [-0.1, -0.05) is 107 Å². The van der Waals surface area contributed by atoms with Crippen LogP contribution in [0.2, 0.25) is 10.0 Å². The standard InChI is InChI=1S/2C14H11ClN2O4S.CHCl3/c2*15-11-6-5-8(7-12(11)22(16,20)21)14(19)10-4-2-1-3-9(10)13(18)17-14;2-1(3)4/h2*1-7,19H,(H,17,18)(H2,16,20,21);1H/t2*14-;/m10./s1. The fourth-order valence-corrected chi connectivity index (χ4v) is 7.08. The molecule has 0 saturated heterocycles. The van der Waals surface area contributed by atoms with Crippen LogP contribution >= 0.6 is 58.0 Å². The van der Waals surface area contributed by atoms with E-state index in [-0.39, 0.29) is 31.0 Å². The molecule has 0 bridgehead atoms. The van der Waals surface area contributed by atoms with Crippen LogP contribution in [0.15, 0.2) is 94.7 Å². The van der Waals surface area contributed by atoms with Gasteiger partial charge in [0.15, 0.2) is 15.7 Å². The summed E-state index contributed by atoms with van der Waals surface area (Å²) in [4.78, 5) is 23.3. The maximum Gasteiger partial charge on any atom is 0.254 e. The van der Waals surface area contributed by atoms with E-state index < -0.39 is 47.6 Å². The number of nitrogens with two attached hydrogens (primary N) is 2. The maximum absolute atomic E-state index is 12.0. The zero-order valence-corrected chi connectivity index (χ0v) is 29.3. The predicted octanol–water partition coefficient (Wildman–Crippen LogP) is 3.83. The SMILES string of the molecule is ClC(Cl)Cl.NS(=O)(=O)c1cc([C@@]2(O)NC(=O)c3ccccc32)ccc1Cl.NS(=O)(=O)c1cc([C@]2(O)NC(=O)c3ccccc32)ccc1Cl. The molecule has 254 valence electrons. The Bertz CT molecular complexity index is 2000. The molecule has 19 heteroatoms. The number of amides is 2. The quantitative estimate of drug-likeness (QED) is 0.166. The number of hydrogen-bond acceptors (Lipinski definition) is 8.